The molecule has 112 valence electrons. The number of imidazole rings is 1. The van der Waals surface area contributed by atoms with Gasteiger partial charge in [-0.3, -0.25) is 4.79 Å². The van der Waals surface area contributed by atoms with Gasteiger partial charge in [-0.2, -0.15) is 0 Å². The van der Waals surface area contributed by atoms with Crippen LogP contribution in [0.2, 0.25) is 0 Å². The summed E-state index contributed by atoms with van der Waals surface area (Å²) in [6.45, 7) is 0.731. The van der Waals surface area contributed by atoms with Crippen LogP contribution < -0.4 is 0 Å². The molecular formula is C18H19N3O. The fraction of sp³-hybridized carbons (Fsp3) is 0.222. The number of nitrogens with zero attached hydrogens (tertiary/aromatic N) is 2. The van der Waals surface area contributed by atoms with Crippen LogP contribution >= 0.6 is 0 Å². The van der Waals surface area contributed by atoms with E-state index < -0.39 is 0 Å². The molecule has 0 saturated carbocycles. The Labute approximate surface area is 129 Å². The minimum absolute atomic E-state index is 0.134. The number of hydrogen-bond donors (Lipinski definition) is 1. The third-order valence-corrected chi connectivity index (χ3v) is 3.84. The lowest BCUT2D eigenvalue weighted by atomic mass is 10.1. The van der Waals surface area contributed by atoms with E-state index in [1.165, 1.54) is 5.56 Å². The number of aromatic nitrogens is 2. The Balaban J connectivity index is 1.58. The van der Waals surface area contributed by atoms with Crippen LogP contribution in [0.3, 0.4) is 0 Å². The standard InChI is InChI=1S/C18H19N3O/c1-21(10-9-14-5-3-2-4-6-14)18(22)12-15-7-8-16-17(11-15)20-13-19-16/h2-8,11,13H,9-10,12H2,1H3,(H,19,20). The number of likely N-dealkylation sites (N-methyl/N-ethyl adjacent to an activating group) is 1. The fourth-order valence-electron chi connectivity index (χ4n) is 2.47. The first-order chi connectivity index (χ1) is 10.7. The smallest absolute Gasteiger partial charge is 0.226 e. The summed E-state index contributed by atoms with van der Waals surface area (Å²) in [7, 11) is 1.86. The number of carbonyl (C=O) groups is 1. The number of aromatic amines is 1. The first kappa shape index (κ1) is 14.3. The molecule has 0 radical (unpaired) electrons. The highest BCUT2D eigenvalue weighted by molar-refractivity contribution is 5.81. The molecule has 2 aromatic carbocycles. The number of nitrogens with one attached hydrogen (secondary N) is 1. The third kappa shape index (κ3) is 3.34. The van der Waals surface area contributed by atoms with Crippen molar-refractivity contribution in [1.29, 1.82) is 0 Å². The third-order valence-electron chi connectivity index (χ3n) is 3.84. The van der Waals surface area contributed by atoms with E-state index in [9.17, 15) is 4.79 Å². The van der Waals surface area contributed by atoms with Gasteiger partial charge in [0.15, 0.2) is 0 Å². The maximum atomic E-state index is 12.3. The van der Waals surface area contributed by atoms with Gasteiger partial charge in [-0.15, -0.1) is 0 Å². The maximum absolute atomic E-state index is 12.3. The molecule has 0 saturated heterocycles. The van der Waals surface area contributed by atoms with Crippen LogP contribution in [0.1, 0.15) is 11.1 Å². The second-order valence-corrected chi connectivity index (χ2v) is 5.48. The predicted octanol–water partition coefficient (Wildman–Crippen LogP) is 2.81. The summed E-state index contributed by atoms with van der Waals surface area (Å²) in [5.74, 6) is 0.134. The van der Waals surface area contributed by atoms with Crippen molar-refractivity contribution < 1.29 is 4.79 Å². The van der Waals surface area contributed by atoms with Crippen LogP contribution in [0.15, 0.2) is 54.9 Å². The second kappa shape index (κ2) is 6.43. The van der Waals surface area contributed by atoms with Gasteiger partial charge in [0.2, 0.25) is 5.91 Å². The molecule has 1 heterocycles. The van der Waals surface area contributed by atoms with E-state index in [1.54, 1.807) is 11.2 Å². The number of carbonyl (C=O) groups excluding carboxylic acids is 1. The highest BCUT2D eigenvalue weighted by atomic mass is 16.2. The summed E-state index contributed by atoms with van der Waals surface area (Å²) < 4.78 is 0. The zero-order valence-corrected chi connectivity index (χ0v) is 12.6. The van der Waals surface area contributed by atoms with Crippen LogP contribution in [0.5, 0.6) is 0 Å². The van der Waals surface area contributed by atoms with Gasteiger partial charge >= 0.3 is 0 Å². The van der Waals surface area contributed by atoms with Gasteiger partial charge in [-0.1, -0.05) is 36.4 Å². The quantitative estimate of drug-likeness (QED) is 0.786. The molecule has 1 amide bonds. The molecule has 3 rings (SSSR count). The summed E-state index contributed by atoms with van der Waals surface area (Å²) in [6.07, 6.45) is 2.96. The molecule has 0 atom stereocenters. The molecule has 0 aliphatic heterocycles. The Kier molecular flexibility index (Phi) is 4.19. The van der Waals surface area contributed by atoms with Gasteiger partial charge in [-0.05, 0) is 29.7 Å². The minimum atomic E-state index is 0.134. The van der Waals surface area contributed by atoms with Gasteiger partial charge < -0.3 is 9.88 Å². The molecule has 0 aliphatic rings. The van der Waals surface area contributed by atoms with Crippen molar-refractivity contribution in [3.8, 4) is 0 Å². The summed E-state index contributed by atoms with van der Waals surface area (Å²) in [5.41, 5.74) is 4.15. The first-order valence-electron chi connectivity index (χ1n) is 7.42. The molecule has 4 heteroatoms. The Morgan fingerprint density at radius 2 is 1.95 bits per heavy atom. The van der Waals surface area contributed by atoms with Crippen molar-refractivity contribution in [3.63, 3.8) is 0 Å². The van der Waals surface area contributed by atoms with E-state index in [1.807, 2.05) is 43.4 Å². The highest BCUT2D eigenvalue weighted by Crippen LogP contribution is 2.13. The van der Waals surface area contributed by atoms with Crippen molar-refractivity contribution >= 4 is 16.9 Å². The van der Waals surface area contributed by atoms with Gasteiger partial charge in [0.05, 0.1) is 23.8 Å². The van der Waals surface area contributed by atoms with Crippen LogP contribution in [0.25, 0.3) is 11.0 Å². The van der Waals surface area contributed by atoms with Crippen molar-refractivity contribution in [2.24, 2.45) is 0 Å². The molecule has 0 bridgehead atoms. The second-order valence-electron chi connectivity index (χ2n) is 5.48. The SMILES string of the molecule is CN(CCc1ccccc1)C(=O)Cc1ccc2nc[nH]c2c1. The monoisotopic (exact) mass is 293 g/mol. The van der Waals surface area contributed by atoms with Gasteiger partial charge in [0.1, 0.15) is 0 Å². The molecular weight excluding hydrogens is 274 g/mol. The summed E-state index contributed by atoms with van der Waals surface area (Å²) >= 11 is 0. The first-order valence-corrected chi connectivity index (χ1v) is 7.42. The molecule has 0 unspecified atom stereocenters. The van der Waals surface area contributed by atoms with Crippen molar-refractivity contribution in [2.75, 3.05) is 13.6 Å². The van der Waals surface area contributed by atoms with E-state index in [-0.39, 0.29) is 5.91 Å². The molecule has 0 spiro atoms. The van der Waals surface area contributed by atoms with E-state index in [4.69, 9.17) is 0 Å². The van der Waals surface area contributed by atoms with Gasteiger partial charge in [-0.25, -0.2) is 4.98 Å². The zero-order chi connectivity index (χ0) is 15.4. The Hall–Kier alpha value is -2.62. The Morgan fingerprint density at radius 1 is 1.14 bits per heavy atom. The summed E-state index contributed by atoms with van der Waals surface area (Å²) in [6, 6.07) is 16.1. The molecule has 1 aromatic heterocycles. The van der Waals surface area contributed by atoms with Crippen molar-refractivity contribution in [1.82, 2.24) is 14.9 Å². The lowest BCUT2D eigenvalue weighted by Crippen LogP contribution is -2.30. The van der Waals surface area contributed by atoms with Crippen LogP contribution in [-0.2, 0) is 17.6 Å². The fourth-order valence-corrected chi connectivity index (χ4v) is 2.47. The number of amides is 1. The van der Waals surface area contributed by atoms with E-state index in [0.717, 1.165) is 29.6 Å². The highest BCUT2D eigenvalue weighted by Gasteiger charge is 2.10. The lowest BCUT2D eigenvalue weighted by molar-refractivity contribution is -0.129. The van der Waals surface area contributed by atoms with Gasteiger partial charge in [0, 0.05) is 13.6 Å². The van der Waals surface area contributed by atoms with E-state index in [0.29, 0.717) is 6.42 Å². The van der Waals surface area contributed by atoms with E-state index >= 15 is 0 Å². The van der Waals surface area contributed by atoms with Crippen LogP contribution in [0.4, 0.5) is 0 Å². The number of H-pyrrole nitrogens is 1. The van der Waals surface area contributed by atoms with Crippen molar-refractivity contribution in [3.05, 3.63) is 66.0 Å². The topological polar surface area (TPSA) is 49.0 Å². The maximum Gasteiger partial charge on any atom is 0.226 e. The molecule has 3 aromatic rings. The predicted molar refractivity (Wildman–Crippen MR) is 87.6 cm³/mol. The number of benzene rings is 2. The Bertz CT molecular complexity index is 764. The largest absolute Gasteiger partial charge is 0.345 e. The average molecular weight is 293 g/mol. The van der Waals surface area contributed by atoms with Crippen molar-refractivity contribution in [2.45, 2.75) is 12.8 Å². The van der Waals surface area contributed by atoms with Crippen LogP contribution in [-0.4, -0.2) is 34.4 Å². The minimum Gasteiger partial charge on any atom is -0.345 e. The number of rotatable bonds is 5. The number of hydrogen-bond acceptors (Lipinski definition) is 2. The summed E-state index contributed by atoms with van der Waals surface area (Å²) in [5, 5.41) is 0. The lowest BCUT2D eigenvalue weighted by Gasteiger charge is -2.17. The normalized spacial score (nSPS) is 10.8. The summed E-state index contributed by atoms with van der Waals surface area (Å²) in [4.78, 5) is 21.4. The molecule has 0 fully saturated rings. The Morgan fingerprint density at radius 3 is 2.77 bits per heavy atom. The van der Waals surface area contributed by atoms with Gasteiger partial charge in [0.25, 0.3) is 0 Å². The molecule has 1 N–H and O–H groups in total. The van der Waals surface area contributed by atoms with Crippen LogP contribution in [0, 0.1) is 0 Å². The molecule has 22 heavy (non-hydrogen) atoms. The molecule has 0 aliphatic carbocycles. The molecule has 4 nitrogen and oxygen atoms in total. The zero-order valence-electron chi connectivity index (χ0n) is 12.6. The number of fused-ring (bicyclic) bond motifs is 1. The average Bonchev–Trinajstić information content (AvgIpc) is 3.01. The van der Waals surface area contributed by atoms with E-state index in [2.05, 4.69) is 22.1 Å².